The maximum atomic E-state index is 9.89. The second kappa shape index (κ2) is 6.62. The first-order valence-corrected chi connectivity index (χ1v) is 5.56. The van der Waals surface area contributed by atoms with Crippen molar-refractivity contribution in [3.8, 4) is 0 Å². The number of aryl methyl sites for hydroxylation is 1. The van der Waals surface area contributed by atoms with Gasteiger partial charge in [0.2, 0.25) is 0 Å². The van der Waals surface area contributed by atoms with Crippen LogP contribution in [0.2, 0.25) is 0 Å². The van der Waals surface area contributed by atoms with Crippen molar-refractivity contribution in [3.63, 3.8) is 0 Å². The third kappa shape index (κ3) is 3.92. The van der Waals surface area contributed by atoms with Crippen LogP contribution < -0.4 is 5.32 Å². The molecule has 0 bridgehead atoms. The largest absolute Gasteiger partial charge is 0.387 e. The van der Waals surface area contributed by atoms with Crippen LogP contribution in [0, 0.1) is 0 Å². The summed E-state index contributed by atoms with van der Waals surface area (Å²) in [6.07, 6.45) is 3.97. The van der Waals surface area contributed by atoms with E-state index < -0.39 is 6.10 Å². The summed E-state index contributed by atoms with van der Waals surface area (Å²) in [5.74, 6) is 0. The van der Waals surface area contributed by atoms with Crippen molar-refractivity contribution in [2.24, 2.45) is 7.05 Å². The molecule has 0 aliphatic heterocycles. The lowest BCUT2D eigenvalue weighted by molar-refractivity contribution is 0.137. The molecule has 0 saturated heterocycles. The van der Waals surface area contributed by atoms with E-state index in [9.17, 15) is 5.11 Å². The molecule has 16 heavy (non-hydrogen) atoms. The molecule has 92 valence electrons. The van der Waals surface area contributed by atoms with Gasteiger partial charge in [-0.15, -0.1) is 0 Å². The van der Waals surface area contributed by atoms with Crippen LogP contribution in [0.5, 0.6) is 0 Å². The molecular weight excluding hydrogens is 206 g/mol. The Hall–Kier alpha value is -0.910. The van der Waals surface area contributed by atoms with Gasteiger partial charge in [-0.3, -0.25) is 4.68 Å². The number of aliphatic hydroxyl groups excluding tert-OH is 1. The standard InChI is InChI=1S/C11H21N3O2/c1-4-10(8-16-3)12-6-11(15)9-5-13-14(2)7-9/h5,7,10-12,15H,4,6,8H2,1-3H3. The number of hydrogen-bond acceptors (Lipinski definition) is 4. The third-order valence-electron chi connectivity index (χ3n) is 2.57. The minimum Gasteiger partial charge on any atom is -0.387 e. The van der Waals surface area contributed by atoms with E-state index in [1.54, 1.807) is 18.0 Å². The third-order valence-corrected chi connectivity index (χ3v) is 2.57. The summed E-state index contributed by atoms with van der Waals surface area (Å²) in [5, 5.41) is 17.2. The number of aliphatic hydroxyl groups is 1. The highest BCUT2D eigenvalue weighted by Gasteiger charge is 2.12. The fourth-order valence-corrected chi connectivity index (χ4v) is 1.53. The summed E-state index contributed by atoms with van der Waals surface area (Å²) in [7, 11) is 3.52. The number of rotatable bonds is 7. The second-order valence-corrected chi connectivity index (χ2v) is 3.93. The van der Waals surface area contributed by atoms with Gasteiger partial charge < -0.3 is 15.2 Å². The molecule has 1 aromatic heterocycles. The van der Waals surface area contributed by atoms with Crippen LogP contribution in [0.15, 0.2) is 12.4 Å². The Balaban J connectivity index is 2.36. The lowest BCUT2D eigenvalue weighted by atomic mass is 10.2. The molecule has 1 rings (SSSR count). The smallest absolute Gasteiger partial charge is 0.0944 e. The molecule has 0 radical (unpaired) electrons. The van der Waals surface area contributed by atoms with E-state index in [1.165, 1.54) is 0 Å². The highest BCUT2D eigenvalue weighted by atomic mass is 16.5. The molecule has 0 fully saturated rings. The molecule has 0 aromatic carbocycles. The number of aromatic nitrogens is 2. The van der Waals surface area contributed by atoms with Gasteiger partial charge in [-0.2, -0.15) is 5.10 Å². The van der Waals surface area contributed by atoms with E-state index in [0.717, 1.165) is 12.0 Å². The first-order valence-electron chi connectivity index (χ1n) is 5.56. The van der Waals surface area contributed by atoms with Gasteiger partial charge in [0, 0.05) is 38.5 Å². The normalized spacial score (nSPS) is 15.0. The maximum absolute atomic E-state index is 9.89. The van der Waals surface area contributed by atoms with Gasteiger partial charge in [-0.1, -0.05) is 6.92 Å². The van der Waals surface area contributed by atoms with Crippen molar-refractivity contribution in [2.45, 2.75) is 25.5 Å². The lowest BCUT2D eigenvalue weighted by Crippen LogP contribution is -2.35. The highest BCUT2D eigenvalue weighted by molar-refractivity contribution is 5.08. The van der Waals surface area contributed by atoms with E-state index >= 15 is 0 Å². The Morgan fingerprint density at radius 1 is 1.62 bits per heavy atom. The summed E-state index contributed by atoms with van der Waals surface area (Å²) in [4.78, 5) is 0. The van der Waals surface area contributed by atoms with Gasteiger partial charge >= 0.3 is 0 Å². The van der Waals surface area contributed by atoms with Gasteiger partial charge in [0.1, 0.15) is 0 Å². The van der Waals surface area contributed by atoms with Gasteiger partial charge in [0.05, 0.1) is 18.9 Å². The van der Waals surface area contributed by atoms with Crippen LogP contribution in [0.1, 0.15) is 25.0 Å². The number of methoxy groups -OCH3 is 1. The van der Waals surface area contributed by atoms with E-state index in [-0.39, 0.29) is 6.04 Å². The van der Waals surface area contributed by atoms with Crippen molar-refractivity contribution in [1.29, 1.82) is 0 Å². The summed E-state index contributed by atoms with van der Waals surface area (Å²) in [6, 6.07) is 0.288. The van der Waals surface area contributed by atoms with Crippen molar-refractivity contribution in [3.05, 3.63) is 18.0 Å². The lowest BCUT2D eigenvalue weighted by Gasteiger charge is -2.18. The van der Waals surface area contributed by atoms with E-state index in [0.29, 0.717) is 13.2 Å². The molecule has 1 heterocycles. The average molecular weight is 227 g/mol. The number of hydrogen-bond donors (Lipinski definition) is 2. The number of nitrogens with one attached hydrogen (secondary N) is 1. The maximum Gasteiger partial charge on any atom is 0.0944 e. The Labute approximate surface area is 96.4 Å². The zero-order valence-electron chi connectivity index (χ0n) is 10.2. The predicted octanol–water partition coefficient (Wildman–Crippen LogP) is 0.468. The van der Waals surface area contributed by atoms with Crippen LogP contribution >= 0.6 is 0 Å². The van der Waals surface area contributed by atoms with Gasteiger partial charge in [-0.05, 0) is 6.42 Å². The molecule has 1 aromatic rings. The summed E-state index contributed by atoms with van der Waals surface area (Å²) in [6.45, 7) is 3.27. The minimum atomic E-state index is -0.514. The topological polar surface area (TPSA) is 59.3 Å². The number of nitrogens with zero attached hydrogens (tertiary/aromatic N) is 2. The Morgan fingerprint density at radius 2 is 2.38 bits per heavy atom. The summed E-state index contributed by atoms with van der Waals surface area (Å²) >= 11 is 0. The zero-order chi connectivity index (χ0) is 12.0. The van der Waals surface area contributed by atoms with E-state index in [2.05, 4.69) is 17.3 Å². The minimum absolute atomic E-state index is 0.288. The first-order chi connectivity index (χ1) is 7.67. The van der Waals surface area contributed by atoms with Gasteiger partial charge in [0.15, 0.2) is 0 Å². The SMILES string of the molecule is CCC(COC)NCC(O)c1cnn(C)c1. The van der Waals surface area contributed by atoms with E-state index in [1.807, 2.05) is 13.2 Å². The second-order valence-electron chi connectivity index (χ2n) is 3.93. The fourth-order valence-electron chi connectivity index (χ4n) is 1.53. The molecule has 0 aliphatic carbocycles. The van der Waals surface area contributed by atoms with Crippen molar-refractivity contribution >= 4 is 0 Å². The molecule has 0 aliphatic rings. The van der Waals surface area contributed by atoms with Gasteiger partial charge in [-0.25, -0.2) is 0 Å². The first kappa shape index (κ1) is 13.2. The van der Waals surface area contributed by atoms with Crippen LogP contribution in [0.4, 0.5) is 0 Å². The molecule has 0 saturated carbocycles. The molecule has 5 heteroatoms. The molecule has 2 unspecified atom stereocenters. The fraction of sp³-hybridized carbons (Fsp3) is 0.727. The molecule has 2 atom stereocenters. The van der Waals surface area contributed by atoms with Crippen molar-refractivity contribution in [2.75, 3.05) is 20.3 Å². The van der Waals surface area contributed by atoms with Crippen LogP contribution in [0.25, 0.3) is 0 Å². The van der Waals surface area contributed by atoms with Crippen LogP contribution in [-0.2, 0) is 11.8 Å². The molecule has 0 amide bonds. The summed E-state index contributed by atoms with van der Waals surface area (Å²) in [5.41, 5.74) is 0.835. The molecule has 2 N–H and O–H groups in total. The molecule has 0 spiro atoms. The highest BCUT2D eigenvalue weighted by Crippen LogP contribution is 2.10. The Kier molecular flexibility index (Phi) is 5.45. The van der Waals surface area contributed by atoms with E-state index in [4.69, 9.17) is 4.74 Å². The predicted molar refractivity (Wildman–Crippen MR) is 62.1 cm³/mol. The van der Waals surface area contributed by atoms with Crippen LogP contribution in [0.3, 0.4) is 0 Å². The van der Waals surface area contributed by atoms with Crippen LogP contribution in [-0.4, -0.2) is 41.2 Å². The van der Waals surface area contributed by atoms with Crippen molar-refractivity contribution < 1.29 is 9.84 Å². The Bertz CT molecular complexity index is 301. The average Bonchev–Trinajstić information content (AvgIpc) is 2.70. The Morgan fingerprint density at radius 3 is 2.88 bits per heavy atom. The van der Waals surface area contributed by atoms with Crippen molar-refractivity contribution in [1.82, 2.24) is 15.1 Å². The molecule has 5 nitrogen and oxygen atoms in total. The monoisotopic (exact) mass is 227 g/mol. The summed E-state index contributed by atoms with van der Waals surface area (Å²) < 4.78 is 6.76. The quantitative estimate of drug-likeness (QED) is 0.711. The van der Waals surface area contributed by atoms with Gasteiger partial charge in [0.25, 0.3) is 0 Å². The molecular formula is C11H21N3O2. The number of ether oxygens (including phenoxy) is 1. The zero-order valence-corrected chi connectivity index (χ0v) is 10.2.